The monoisotopic (exact) mass is 393 g/mol. The fraction of sp³-hybridized carbons (Fsp3) is 0.800. The largest absolute Gasteiger partial charge is 0.383 e. The highest BCUT2D eigenvalue weighted by Crippen LogP contribution is 2.21. The lowest BCUT2D eigenvalue weighted by molar-refractivity contribution is -0.0817. The van der Waals surface area contributed by atoms with E-state index < -0.39 is 0 Å². The van der Waals surface area contributed by atoms with Crippen LogP contribution in [0.25, 0.3) is 0 Å². The number of hydrogen-bond donors (Lipinski definition) is 1. The van der Waals surface area contributed by atoms with Gasteiger partial charge < -0.3 is 24.4 Å². The maximum atomic E-state index is 5.99. The van der Waals surface area contributed by atoms with Crippen LogP contribution in [0.2, 0.25) is 0 Å². The lowest BCUT2D eigenvalue weighted by Gasteiger charge is -2.37. The fourth-order valence-electron chi connectivity index (χ4n) is 3.93. The number of guanidine groups is 1. The zero-order valence-electron chi connectivity index (χ0n) is 17.7. The lowest BCUT2D eigenvalue weighted by atomic mass is 10.1. The van der Waals surface area contributed by atoms with Gasteiger partial charge in [-0.05, 0) is 33.6 Å². The molecule has 2 fully saturated rings. The average molecular weight is 394 g/mol. The van der Waals surface area contributed by atoms with Gasteiger partial charge in [0.25, 0.3) is 0 Å². The van der Waals surface area contributed by atoms with Crippen LogP contribution in [-0.2, 0) is 27.3 Å². The summed E-state index contributed by atoms with van der Waals surface area (Å²) in [7, 11) is 1.71. The van der Waals surface area contributed by atoms with Crippen LogP contribution in [0.3, 0.4) is 0 Å². The maximum Gasteiger partial charge on any atom is 0.194 e. The van der Waals surface area contributed by atoms with Crippen molar-refractivity contribution in [2.24, 2.45) is 4.99 Å². The van der Waals surface area contributed by atoms with E-state index in [0.717, 1.165) is 63.0 Å². The Kier molecular flexibility index (Phi) is 7.70. The van der Waals surface area contributed by atoms with Gasteiger partial charge in [0.2, 0.25) is 0 Å². The van der Waals surface area contributed by atoms with Crippen molar-refractivity contribution >= 4 is 5.96 Å². The van der Waals surface area contributed by atoms with Crippen LogP contribution in [0.15, 0.2) is 4.99 Å². The van der Waals surface area contributed by atoms with Gasteiger partial charge in [-0.25, -0.2) is 4.99 Å². The summed E-state index contributed by atoms with van der Waals surface area (Å²) in [6, 6.07) is 0. The first kappa shape index (κ1) is 21.1. The quantitative estimate of drug-likeness (QED) is 0.559. The highest BCUT2D eigenvalue weighted by Gasteiger charge is 2.32. The standard InChI is InChI=1S/C20H35N5O3/c1-5-21-20(24-8-12-28-19(14-24)18-7-6-10-27-18)22-13-17-15(2)23-25(16(17)3)9-11-26-4/h18-19H,5-14H2,1-4H3,(H,21,22). The van der Waals surface area contributed by atoms with Crippen molar-refractivity contribution in [3.05, 3.63) is 17.0 Å². The molecule has 2 aliphatic rings. The van der Waals surface area contributed by atoms with Gasteiger partial charge in [0.15, 0.2) is 5.96 Å². The van der Waals surface area contributed by atoms with E-state index in [0.29, 0.717) is 19.8 Å². The molecule has 0 amide bonds. The number of hydrogen-bond acceptors (Lipinski definition) is 5. The normalized spacial score (nSPS) is 23.4. The Bertz CT molecular complexity index is 655. The average Bonchev–Trinajstić information content (AvgIpc) is 3.33. The predicted octanol–water partition coefficient (Wildman–Crippen LogP) is 1.49. The Morgan fingerprint density at radius 1 is 1.29 bits per heavy atom. The van der Waals surface area contributed by atoms with E-state index in [1.54, 1.807) is 7.11 Å². The van der Waals surface area contributed by atoms with Crippen molar-refractivity contribution in [2.45, 2.75) is 58.9 Å². The van der Waals surface area contributed by atoms with Crippen LogP contribution in [0.4, 0.5) is 0 Å². The summed E-state index contributed by atoms with van der Waals surface area (Å²) in [5, 5.41) is 8.09. The Morgan fingerprint density at radius 3 is 2.82 bits per heavy atom. The van der Waals surface area contributed by atoms with Gasteiger partial charge in [0.05, 0.1) is 38.1 Å². The summed E-state index contributed by atoms with van der Waals surface area (Å²) in [5.74, 6) is 0.942. The van der Waals surface area contributed by atoms with E-state index >= 15 is 0 Å². The molecular formula is C20H35N5O3. The number of ether oxygens (including phenoxy) is 3. The van der Waals surface area contributed by atoms with Crippen molar-refractivity contribution in [3.8, 4) is 0 Å². The van der Waals surface area contributed by atoms with Gasteiger partial charge in [0.1, 0.15) is 6.10 Å². The molecule has 2 atom stereocenters. The third kappa shape index (κ3) is 5.04. The second-order valence-electron chi connectivity index (χ2n) is 7.44. The highest BCUT2D eigenvalue weighted by molar-refractivity contribution is 5.80. The summed E-state index contributed by atoms with van der Waals surface area (Å²) in [5.41, 5.74) is 3.39. The molecule has 0 aliphatic carbocycles. The number of aromatic nitrogens is 2. The molecule has 8 heteroatoms. The number of nitrogens with zero attached hydrogens (tertiary/aromatic N) is 4. The smallest absolute Gasteiger partial charge is 0.194 e. The first-order chi connectivity index (χ1) is 13.6. The molecule has 0 radical (unpaired) electrons. The van der Waals surface area contributed by atoms with Crippen molar-refractivity contribution in [3.63, 3.8) is 0 Å². The number of aliphatic imine (C=N–C) groups is 1. The molecule has 0 saturated carbocycles. The van der Waals surface area contributed by atoms with Gasteiger partial charge in [0, 0.05) is 44.6 Å². The molecule has 0 bridgehead atoms. The molecule has 0 spiro atoms. The summed E-state index contributed by atoms with van der Waals surface area (Å²) in [6.45, 7) is 12.4. The molecule has 3 heterocycles. The molecule has 2 aliphatic heterocycles. The Balaban J connectivity index is 1.69. The van der Waals surface area contributed by atoms with E-state index in [1.807, 2.05) is 4.68 Å². The minimum absolute atomic E-state index is 0.125. The predicted molar refractivity (Wildman–Crippen MR) is 109 cm³/mol. The number of nitrogens with one attached hydrogen (secondary N) is 1. The minimum Gasteiger partial charge on any atom is -0.383 e. The second kappa shape index (κ2) is 10.2. The summed E-state index contributed by atoms with van der Waals surface area (Å²) < 4.78 is 19.0. The fourth-order valence-corrected chi connectivity index (χ4v) is 3.93. The van der Waals surface area contributed by atoms with Gasteiger partial charge in [-0.3, -0.25) is 4.68 Å². The Morgan fingerprint density at radius 2 is 2.11 bits per heavy atom. The third-order valence-corrected chi connectivity index (χ3v) is 5.53. The van der Waals surface area contributed by atoms with Crippen molar-refractivity contribution in [1.29, 1.82) is 0 Å². The first-order valence-electron chi connectivity index (χ1n) is 10.4. The first-order valence-corrected chi connectivity index (χ1v) is 10.4. The number of rotatable bonds is 7. The van der Waals surface area contributed by atoms with Crippen LogP contribution < -0.4 is 5.32 Å². The molecular weight excluding hydrogens is 358 g/mol. The molecule has 3 rings (SSSR count). The second-order valence-corrected chi connectivity index (χ2v) is 7.44. The van der Waals surface area contributed by atoms with E-state index in [4.69, 9.17) is 19.2 Å². The number of methoxy groups -OCH3 is 1. The molecule has 2 saturated heterocycles. The molecule has 158 valence electrons. The third-order valence-electron chi connectivity index (χ3n) is 5.53. The summed E-state index contributed by atoms with van der Waals surface area (Å²) >= 11 is 0. The molecule has 1 aromatic rings. The number of aryl methyl sites for hydroxylation is 1. The van der Waals surface area contributed by atoms with Gasteiger partial charge in [-0.1, -0.05) is 0 Å². The van der Waals surface area contributed by atoms with Gasteiger partial charge in [-0.15, -0.1) is 0 Å². The number of morpholine rings is 1. The highest BCUT2D eigenvalue weighted by atomic mass is 16.5. The summed E-state index contributed by atoms with van der Waals surface area (Å²) in [6.07, 6.45) is 2.56. The van der Waals surface area contributed by atoms with Crippen LogP contribution in [-0.4, -0.2) is 79.4 Å². The van der Waals surface area contributed by atoms with Crippen molar-refractivity contribution < 1.29 is 14.2 Å². The molecule has 1 aromatic heterocycles. The van der Waals surface area contributed by atoms with Crippen molar-refractivity contribution in [2.75, 3.05) is 46.6 Å². The van der Waals surface area contributed by atoms with Gasteiger partial charge >= 0.3 is 0 Å². The van der Waals surface area contributed by atoms with E-state index in [2.05, 4.69) is 36.1 Å². The SMILES string of the molecule is CCNC(=NCc1c(C)nn(CCOC)c1C)N1CCOC(C2CCCO2)C1. The van der Waals surface area contributed by atoms with Crippen LogP contribution in [0, 0.1) is 13.8 Å². The minimum atomic E-state index is 0.125. The zero-order valence-corrected chi connectivity index (χ0v) is 17.7. The Labute approximate surface area is 168 Å². The molecule has 8 nitrogen and oxygen atoms in total. The van der Waals surface area contributed by atoms with Crippen LogP contribution in [0.5, 0.6) is 0 Å². The summed E-state index contributed by atoms with van der Waals surface area (Å²) in [4.78, 5) is 7.24. The lowest BCUT2D eigenvalue weighted by Crippen LogP contribution is -2.53. The molecule has 28 heavy (non-hydrogen) atoms. The molecule has 0 aromatic carbocycles. The van der Waals surface area contributed by atoms with E-state index in [-0.39, 0.29) is 12.2 Å². The topological polar surface area (TPSA) is 73.1 Å². The van der Waals surface area contributed by atoms with Crippen molar-refractivity contribution in [1.82, 2.24) is 20.0 Å². The molecule has 2 unspecified atom stereocenters. The zero-order chi connectivity index (χ0) is 19.9. The maximum absolute atomic E-state index is 5.99. The molecule has 1 N–H and O–H groups in total. The van der Waals surface area contributed by atoms with Gasteiger partial charge in [-0.2, -0.15) is 5.10 Å². The van der Waals surface area contributed by atoms with Crippen LogP contribution in [0.1, 0.15) is 36.7 Å². The van der Waals surface area contributed by atoms with E-state index in [1.165, 1.54) is 5.56 Å². The Hall–Kier alpha value is -1.64. The van der Waals surface area contributed by atoms with Crippen LogP contribution >= 0.6 is 0 Å². The van der Waals surface area contributed by atoms with E-state index in [9.17, 15) is 0 Å².